The Kier molecular flexibility index (Phi) is 6.40. The lowest BCUT2D eigenvalue weighted by atomic mass is 9.83. The zero-order valence-corrected chi connectivity index (χ0v) is 13.9. The fourth-order valence-electron chi connectivity index (χ4n) is 2.61. The van der Waals surface area contributed by atoms with Gasteiger partial charge < -0.3 is 15.5 Å². The first kappa shape index (κ1) is 17.7. The first-order valence-corrected chi connectivity index (χ1v) is 7.73. The third kappa shape index (κ3) is 4.56. The summed E-state index contributed by atoms with van der Waals surface area (Å²) < 4.78 is 0. The molecule has 1 heterocycles. The van der Waals surface area contributed by atoms with E-state index >= 15 is 0 Å². The van der Waals surface area contributed by atoms with E-state index in [9.17, 15) is 9.59 Å². The van der Waals surface area contributed by atoms with E-state index in [0.717, 1.165) is 25.9 Å². The first-order chi connectivity index (χ1) is 9.83. The number of likely N-dealkylation sites (N-methyl/N-ethyl adjacent to an activating group) is 1. The number of carbonyl (C=O) groups is 2. The molecule has 5 nitrogen and oxygen atoms in total. The molecule has 1 rings (SSSR count). The van der Waals surface area contributed by atoms with Gasteiger partial charge in [0.05, 0.1) is 6.04 Å². The van der Waals surface area contributed by atoms with Gasteiger partial charge in [0.1, 0.15) is 6.04 Å². The minimum Gasteiger partial charge on any atom is -0.342 e. The second-order valence-electron chi connectivity index (χ2n) is 6.31. The van der Waals surface area contributed by atoms with Crippen LogP contribution in [0.3, 0.4) is 0 Å². The molecule has 0 aromatic rings. The second kappa shape index (κ2) is 7.59. The largest absolute Gasteiger partial charge is 0.342 e. The summed E-state index contributed by atoms with van der Waals surface area (Å²) >= 11 is 0. The monoisotopic (exact) mass is 295 g/mol. The van der Waals surface area contributed by atoms with Crippen LogP contribution in [-0.4, -0.2) is 48.9 Å². The van der Waals surface area contributed by atoms with Crippen LogP contribution in [0.4, 0.5) is 0 Å². The maximum atomic E-state index is 12.8. The number of nitrogens with one attached hydrogen (secondary N) is 2. The fourth-order valence-corrected chi connectivity index (χ4v) is 2.61. The molecule has 0 aromatic carbocycles. The number of likely N-dealkylation sites (tertiary alicyclic amines) is 1. The summed E-state index contributed by atoms with van der Waals surface area (Å²) in [5.41, 5.74) is -0.419. The molecular formula is C16H29N3O2. The highest BCUT2D eigenvalue weighted by atomic mass is 16.2. The number of nitrogens with zero attached hydrogens (tertiary/aromatic N) is 1. The van der Waals surface area contributed by atoms with E-state index in [1.54, 1.807) is 14.0 Å². The molecule has 2 atom stereocenters. The molecule has 0 aliphatic carbocycles. The molecule has 1 aliphatic rings. The summed E-state index contributed by atoms with van der Waals surface area (Å²) in [6.07, 6.45) is 6.00. The average Bonchev–Trinajstić information content (AvgIpc) is 2.96. The average molecular weight is 295 g/mol. The molecule has 2 N–H and O–H groups in total. The van der Waals surface area contributed by atoms with Crippen molar-refractivity contribution in [1.29, 1.82) is 0 Å². The number of rotatable bonds is 6. The van der Waals surface area contributed by atoms with Crippen LogP contribution in [0.15, 0.2) is 12.2 Å². The highest BCUT2D eigenvalue weighted by molar-refractivity contribution is 5.90. The molecule has 1 aliphatic heterocycles. The standard InChI is InChI=1S/C16H29N3O2/c1-6-9-16(3,4)13(18-14(20)12(2)17-5)15(21)19-10-7-8-11-19/h6,9,12-13,17H,7-8,10-11H2,1-5H3,(H,18,20)/b9-6-/t12-,13+/m0/s1. The molecule has 0 bridgehead atoms. The number of amides is 2. The third-order valence-corrected chi connectivity index (χ3v) is 4.12. The summed E-state index contributed by atoms with van der Waals surface area (Å²) in [4.78, 5) is 26.8. The highest BCUT2D eigenvalue weighted by Gasteiger charge is 2.38. The zero-order chi connectivity index (χ0) is 16.0. The van der Waals surface area contributed by atoms with E-state index in [0.29, 0.717) is 0 Å². The molecule has 2 amide bonds. The van der Waals surface area contributed by atoms with E-state index < -0.39 is 11.5 Å². The second-order valence-corrected chi connectivity index (χ2v) is 6.31. The first-order valence-electron chi connectivity index (χ1n) is 7.73. The van der Waals surface area contributed by atoms with Crippen LogP contribution in [0.1, 0.15) is 40.5 Å². The van der Waals surface area contributed by atoms with Gasteiger partial charge in [0.2, 0.25) is 11.8 Å². The van der Waals surface area contributed by atoms with Gasteiger partial charge in [0, 0.05) is 18.5 Å². The fraction of sp³-hybridized carbons (Fsp3) is 0.750. The van der Waals surface area contributed by atoms with Crippen molar-refractivity contribution >= 4 is 11.8 Å². The number of allylic oxidation sites excluding steroid dienone is 1. The lowest BCUT2D eigenvalue weighted by molar-refractivity contribution is -0.138. The minimum absolute atomic E-state index is 0.0206. The molecule has 0 saturated carbocycles. The summed E-state index contributed by atoms with van der Waals surface area (Å²) in [6, 6.07) is -0.851. The molecule has 0 radical (unpaired) electrons. The SMILES string of the molecule is C/C=C\C(C)(C)[C@H](NC(=O)[C@H](C)NC)C(=O)N1CCCC1. The summed E-state index contributed by atoms with van der Waals surface area (Å²) in [5.74, 6) is -0.125. The van der Waals surface area contributed by atoms with Crippen LogP contribution in [0.5, 0.6) is 0 Å². The predicted octanol–water partition coefficient (Wildman–Crippen LogP) is 1.30. The normalized spacial score (nSPS) is 18.8. The number of hydrogen-bond acceptors (Lipinski definition) is 3. The molecule has 0 aromatic heterocycles. The van der Waals surface area contributed by atoms with Gasteiger partial charge in [-0.05, 0) is 33.7 Å². The van der Waals surface area contributed by atoms with Crippen molar-refractivity contribution in [2.45, 2.75) is 52.6 Å². The van der Waals surface area contributed by atoms with Crippen LogP contribution in [-0.2, 0) is 9.59 Å². The minimum atomic E-state index is -0.532. The van der Waals surface area contributed by atoms with Gasteiger partial charge in [-0.2, -0.15) is 0 Å². The Morgan fingerprint density at radius 2 is 1.81 bits per heavy atom. The van der Waals surface area contributed by atoms with Gasteiger partial charge in [0.25, 0.3) is 0 Å². The van der Waals surface area contributed by atoms with Gasteiger partial charge in [0.15, 0.2) is 0 Å². The van der Waals surface area contributed by atoms with E-state index in [4.69, 9.17) is 0 Å². The van der Waals surface area contributed by atoms with Crippen molar-refractivity contribution in [3.05, 3.63) is 12.2 Å². The molecule has 120 valence electrons. The molecule has 21 heavy (non-hydrogen) atoms. The highest BCUT2D eigenvalue weighted by Crippen LogP contribution is 2.25. The van der Waals surface area contributed by atoms with E-state index in [1.807, 2.05) is 37.8 Å². The molecule has 1 saturated heterocycles. The van der Waals surface area contributed by atoms with Crippen molar-refractivity contribution in [2.75, 3.05) is 20.1 Å². The Morgan fingerprint density at radius 1 is 1.24 bits per heavy atom. The molecule has 5 heteroatoms. The smallest absolute Gasteiger partial charge is 0.246 e. The van der Waals surface area contributed by atoms with Gasteiger partial charge in [-0.3, -0.25) is 9.59 Å². The Labute approximate surface area is 128 Å². The van der Waals surface area contributed by atoms with Crippen LogP contribution >= 0.6 is 0 Å². The topological polar surface area (TPSA) is 61.4 Å². The maximum absolute atomic E-state index is 12.8. The molecular weight excluding hydrogens is 266 g/mol. The Hall–Kier alpha value is -1.36. The van der Waals surface area contributed by atoms with Crippen molar-refractivity contribution < 1.29 is 9.59 Å². The number of carbonyl (C=O) groups excluding carboxylic acids is 2. The molecule has 0 unspecified atom stereocenters. The summed E-state index contributed by atoms with van der Waals surface area (Å²) in [6.45, 7) is 9.26. The Balaban J connectivity index is 2.93. The van der Waals surface area contributed by atoms with E-state index in [-0.39, 0.29) is 17.9 Å². The predicted molar refractivity (Wildman–Crippen MR) is 84.9 cm³/mol. The zero-order valence-electron chi connectivity index (χ0n) is 13.9. The van der Waals surface area contributed by atoms with Crippen LogP contribution < -0.4 is 10.6 Å². The third-order valence-electron chi connectivity index (χ3n) is 4.12. The number of hydrogen-bond donors (Lipinski definition) is 2. The quantitative estimate of drug-likeness (QED) is 0.726. The van der Waals surface area contributed by atoms with Crippen molar-refractivity contribution in [3.63, 3.8) is 0 Å². The maximum Gasteiger partial charge on any atom is 0.246 e. The van der Waals surface area contributed by atoms with Crippen LogP contribution in [0, 0.1) is 5.41 Å². The summed E-state index contributed by atoms with van der Waals surface area (Å²) in [5, 5.41) is 5.83. The van der Waals surface area contributed by atoms with Crippen LogP contribution in [0.2, 0.25) is 0 Å². The lowest BCUT2D eigenvalue weighted by Gasteiger charge is -2.34. The van der Waals surface area contributed by atoms with E-state index in [1.165, 1.54) is 0 Å². The van der Waals surface area contributed by atoms with Gasteiger partial charge in [-0.25, -0.2) is 0 Å². The van der Waals surface area contributed by atoms with Crippen LogP contribution in [0.25, 0.3) is 0 Å². The molecule has 0 spiro atoms. The Morgan fingerprint density at radius 3 is 2.29 bits per heavy atom. The van der Waals surface area contributed by atoms with E-state index in [2.05, 4.69) is 10.6 Å². The van der Waals surface area contributed by atoms with Gasteiger partial charge in [-0.15, -0.1) is 0 Å². The summed E-state index contributed by atoms with van der Waals surface area (Å²) in [7, 11) is 1.73. The van der Waals surface area contributed by atoms with Gasteiger partial charge in [-0.1, -0.05) is 26.0 Å². The Bertz CT molecular complexity index is 398. The van der Waals surface area contributed by atoms with Crippen molar-refractivity contribution in [1.82, 2.24) is 15.5 Å². The van der Waals surface area contributed by atoms with Crippen molar-refractivity contribution in [3.8, 4) is 0 Å². The van der Waals surface area contributed by atoms with Gasteiger partial charge >= 0.3 is 0 Å². The lowest BCUT2D eigenvalue weighted by Crippen LogP contribution is -2.57. The molecule has 1 fully saturated rings. The van der Waals surface area contributed by atoms with Crippen molar-refractivity contribution in [2.24, 2.45) is 5.41 Å².